The molecular formula is C23H32N6O2. The third kappa shape index (κ3) is 4.80. The van der Waals surface area contributed by atoms with Crippen LogP contribution in [-0.4, -0.2) is 65.7 Å². The van der Waals surface area contributed by atoms with E-state index in [1.165, 1.54) is 25.3 Å². The molecule has 1 aliphatic heterocycles. The van der Waals surface area contributed by atoms with Crippen LogP contribution < -0.4 is 16.4 Å². The Morgan fingerprint density at radius 1 is 1.13 bits per heavy atom. The van der Waals surface area contributed by atoms with Gasteiger partial charge in [0.25, 0.3) is 0 Å². The average molecular weight is 425 g/mol. The van der Waals surface area contributed by atoms with Crippen molar-refractivity contribution >= 4 is 23.3 Å². The molecule has 0 bridgehead atoms. The van der Waals surface area contributed by atoms with Crippen LogP contribution in [0.2, 0.25) is 0 Å². The largest absolute Gasteiger partial charge is 0.353 e. The molecule has 2 amide bonds. The molecule has 4 rings (SSSR count). The molecule has 3 aliphatic rings. The van der Waals surface area contributed by atoms with E-state index in [1.807, 2.05) is 12.1 Å². The molecular weight excluding hydrogens is 392 g/mol. The van der Waals surface area contributed by atoms with E-state index in [0.717, 1.165) is 18.1 Å². The summed E-state index contributed by atoms with van der Waals surface area (Å²) in [5, 5.41) is 6.37. The van der Waals surface area contributed by atoms with E-state index in [1.54, 1.807) is 17.2 Å². The molecule has 31 heavy (non-hydrogen) atoms. The number of fused-ring (bicyclic) bond motifs is 1. The summed E-state index contributed by atoms with van der Waals surface area (Å²) in [6, 6.07) is 8.26. The summed E-state index contributed by atoms with van der Waals surface area (Å²) in [5.41, 5.74) is 8.56. The number of benzene rings is 1. The molecule has 1 aromatic carbocycles. The minimum absolute atomic E-state index is 0.0327. The first-order valence-corrected chi connectivity index (χ1v) is 10.9. The van der Waals surface area contributed by atoms with E-state index in [4.69, 9.17) is 10.7 Å². The Labute approximate surface area is 183 Å². The van der Waals surface area contributed by atoms with E-state index >= 15 is 0 Å². The van der Waals surface area contributed by atoms with Crippen molar-refractivity contribution in [3.8, 4) is 0 Å². The molecule has 0 atom stereocenters. The van der Waals surface area contributed by atoms with Crippen LogP contribution in [0.4, 0.5) is 5.69 Å². The number of aliphatic imine (C=N–C) groups is 1. The van der Waals surface area contributed by atoms with E-state index in [0.29, 0.717) is 37.1 Å². The topological polar surface area (TPSA) is 103 Å². The first kappa shape index (κ1) is 21.5. The van der Waals surface area contributed by atoms with Crippen LogP contribution in [0.3, 0.4) is 0 Å². The molecule has 0 radical (unpaired) electrons. The highest BCUT2D eigenvalue weighted by molar-refractivity contribution is 5.95. The van der Waals surface area contributed by atoms with Crippen LogP contribution >= 0.6 is 0 Å². The van der Waals surface area contributed by atoms with Crippen molar-refractivity contribution in [1.29, 1.82) is 0 Å². The zero-order valence-electron chi connectivity index (χ0n) is 18.4. The van der Waals surface area contributed by atoms with Crippen LogP contribution in [0.15, 0.2) is 41.5 Å². The number of hydrogen-bond donors (Lipinski definition) is 3. The lowest BCUT2D eigenvalue weighted by Crippen LogP contribution is -2.51. The summed E-state index contributed by atoms with van der Waals surface area (Å²) in [6.07, 6.45) is 6.02. The fourth-order valence-corrected chi connectivity index (χ4v) is 4.38. The van der Waals surface area contributed by atoms with Gasteiger partial charge in [-0.3, -0.25) is 9.59 Å². The lowest BCUT2D eigenvalue weighted by Gasteiger charge is -2.35. The summed E-state index contributed by atoms with van der Waals surface area (Å²) < 4.78 is 0. The average Bonchev–Trinajstić information content (AvgIpc) is 3.55. The second-order valence-corrected chi connectivity index (χ2v) is 9.09. The molecule has 166 valence electrons. The molecule has 2 aliphatic carbocycles. The van der Waals surface area contributed by atoms with Gasteiger partial charge in [0.05, 0.1) is 12.2 Å². The van der Waals surface area contributed by atoms with Gasteiger partial charge in [-0.1, -0.05) is 19.1 Å². The highest BCUT2D eigenvalue weighted by Gasteiger charge is 2.79. The van der Waals surface area contributed by atoms with Crippen molar-refractivity contribution in [2.45, 2.75) is 38.8 Å². The lowest BCUT2D eigenvalue weighted by atomic mass is 10.2. The predicted molar refractivity (Wildman–Crippen MR) is 121 cm³/mol. The number of carbonyl (C=O) groups excluding carboxylic acids is 2. The molecule has 4 N–H and O–H groups in total. The van der Waals surface area contributed by atoms with Crippen molar-refractivity contribution < 1.29 is 9.59 Å². The molecule has 3 fully saturated rings. The fraction of sp³-hybridized carbons (Fsp3) is 0.522. The maximum Gasteiger partial charge on any atom is 0.236 e. The summed E-state index contributed by atoms with van der Waals surface area (Å²) in [4.78, 5) is 31.8. The number of amidine groups is 1. The maximum atomic E-state index is 11.8. The van der Waals surface area contributed by atoms with Crippen molar-refractivity contribution in [2.75, 3.05) is 32.7 Å². The van der Waals surface area contributed by atoms with Crippen LogP contribution in [0, 0.1) is 5.41 Å². The van der Waals surface area contributed by atoms with Crippen molar-refractivity contribution in [3.05, 3.63) is 42.1 Å². The third-order valence-corrected chi connectivity index (χ3v) is 6.75. The zero-order valence-corrected chi connectivity index (χ0v) is 18.4. The second-order valence-electron chi connectivity index (χ2n) is 9.09. The second kappa shape index (κ2) is 8.43. The molecule has 0 unspecified atom stereocenters. The van der Waals surface area contributed by atoms with Gasteiger partial charge in [-0.15, -0.1) is 0 Å². The Bertz CT molecular complexity index is 893. The van der Waals surface area contributed by atoms with Crippen molar-refractivity contribution in [2.24, 2.45) is 16.1 Å². The Hall–Kier alpha value is -2.71. The van der Waals surface area contributed by atoms with Gasteiger partial charge >= 0.3 is 0 Å². The summed E-state index contributed by atoms with van der Waals surface area (Å²) in [7, 11) is 0. The van der Waals surface area contributed by atoms with Gasteiger partial charge in [0, 0.05) is 51.4 Å². The Kier molecular flexibility index (Phi) is 5.85. The molecule has 1 aromatic rings. The Morgan fingerprint density at radius 3 is 2.29 bits per heavy atom. The number of piperazine rings is 1. The first-order chi connectivity index (χ1) is 14.8. The van der Waals surface area contributed by atoms with Gasteiger partial charge in [0.15, 0.2) is 0 Å². The Balaban J connectivity index is 1.41. The van der Waals surface area contributed by atoms with Gasteiger partial charge in [0.2, 0.25) is 11.8 Å². The van der Waals surface area contributed by atoms with Gasteiger partial charge < -0.3 is 26.2 Å². The standard InChI is InChI=1S/C23H32N6O2/c1-17(30)25-8-7-20(28-9-11-29(12-10-28)21(31)13-24)27-19-5-3-18(4-6-19)14-26-23-15-22(23,2)16-23/h3-8,26H,9-16,24H2,1-2H3,(H,25,30)/b8-7-,27-20?. The zero-order chi connectivity index (χ0) is 22.1. The van der Waals surface area contributed by atoms with Crippen LogP contribution in [0.5, 0.6) is 0 Å². The monoisotopic (exact) mass is 424 g/mol. The molecule has 2 saturated carbocycles. The van der Waals surface area contributed by atoms with Gasteiger partial charge in [-0.25, -0.2) is 4.99 Å². The minimum atomic E-state index is -0.132. The smallest absolute Gasteiger partial charge is 0.236 e. The SMILES string of the molecule is CC(=O)N/C=C\C(=Nc1ccc(CNC23CC2(C)C3)cc1)N1CCN(C(=O)CN)CC1. The highest BCUT2D eigenvalue weighted by Crippen LogP contribution is 2.78. The van der Waals surface area contributed by atoms with E-state index in [-0.39, 0.29) is 18.4 Å². The number of hydrogen-bond acceptors (Lipinski definition) is 5. The molecule has 1 heterocycles. The number of nitrogens with two attached hydrogens (primary N) is 1. The predicted octanol–water partition coefficient (Wildman–Crippen LogP) is 1.11. The van der Waals surface area contributed by atoms with Crippen LogP contribution in [-0.2, 0) is 16.1 Å². The molecule has 0 aromatic heterocycles. The van der Waals surface area contributed by atoms with Crippen LogP contribution in [0.25, 0.3) is 0 Å². The number of carbonyl (C=O) groups is 2. The van der Waals surface area contributed by atoms with Gasteiger partial charge in [0.1, 0.15) is 5.84 Å². The summed E-state index contributed by atoms with van der Waals surface area (Å²) in [6.45, 7) is 7.27. The fourth-order valence-electron chi connectivity index (χ4n) is 4.38. The quantitative estimate of drug-likeness (QED) is 0.450. The first-order valence-electron chi connectivity index (χ1n) is 10.9. The van der Waals surface area contributed by atoms with E-state index in [2.05, 4.69) is 34.6 Å². The van der Waals surface area contributed by atoms with E-state index in [9.17, 15) is 9.59 Å². The summed E-state index contributed by atoms with van der Waals surface area (Å²) >= 11 is 0. The molecule has 8 heteroatoms. The molecule has 1 saturated heterocycles. The van der Waals surface area contributed by atoms with Gasteiger partial charge in [-0.05, 0) is 42.0 Å². The highest BCUT2D eigenvalue weighted by atomic mass is 16.2. The Morgan fingerprint density at radius 2 is 1.74 bits per heavy atom. The third-order valence-electron chi connectivity index (χ3n) is 6.75. The molecule has 0 spiro atoms. The number of nitrogens with zero attached hydrogens (tertiary/aromatic N) is 3. The summed E-state index contributed by atoms with van der Waals surface area (Å²) in [5.74, 6) is 0.589. The minimum Gasteiger partial charge on any atom is -0.353 e. The number of rotatable bonds is 7. The maximum absolute atomic E-state index is 11.8. The molecule has 8 nitrogen and oxygen atoms in total. The number of nitrogens with one attached hydrogen (secondary N) is 2. The van der Waals surface area contributed by atoms with E-state index < -0.39 is 0 Å². The van der Waals surface area contributed by atoms with Crippen molar-refractivity contribution in [1.82, 2.24) is 20.4 Å². The van der Waals surface area contributed by atoms with Crippen molar-refractivity contribution in [3.63, 3.8) is 0 Å². The normalized spacial score (nSPS) is 27.3. The van der Waals surface area contributed by atoms with Crippen LogP contribution in [0.1, 0.15) is 32.3 Å². The van der Waals surface area contributed by atoms with Gasteiger partial charge in [-0.2, -0.15) is 0 Å². The lowest BCUT2D eigenvalue weighted by molar-refractivity contribution is -0.130. The number of amides is 2.